The van der Waals surface area contributed by atoms with E-state index in [0.29, 0.717) is 23.3 Å². The molecule has 8 nitrogen and oxygen atoms in total. The number of hydrogen-bond acceptors (Lipinski definition) is 10. The summed E-state index contributed by atoms with van der Waals surface area (Å²) < 4.78 is 0. The quantitative estimate of drug-likeness (QED) is 0.0772. The van der Waals surface area contributed by atoms with Gasteiger partial charge in [-0.2, -0.15) is 50.5 Å². The fourth-order valence-electron chi connectivity index (χ4n) is 3.88. The Morgan fingerprint density at radius 3 is 1.28 bits per heavy atom. The maximum Gasteiger partial charge on any atom is 2.00 e. The van der Waals surface area contributed by atoms with Crippen molar-refractivity contribution in [3.05, 3.63) is 59.7 Å². The smallest absolute Gasteiger partial charge is 0.545 e. The molecular weight excluding hydrogens is 678 g/mol. The van der Waals surface area contributed by atoms with Crippen molar-refractivity contribution in [2.75, 3.05) is 22.1 Å². The topological polar surface area (TPSA) is 138 Å². The summed E-state index contributed by atoms with van der Waals surface area (Å²) in [6.07, 6.45) is 7.88. The van der Waals surface area contributed by atoms with E-state index in [2.05, 4.69) is 61.1 Å². The molecule has 0 aromatic heterocycles. The minimum Gasteiger partial charge on any atom is -0.545 e. The number of hydrogen-bond donors (Lipinski definition) is 6. The molecule has 2 amide bonds. The van der Waals surface area contributed by atoms with Gasteiger partial charge >= 0.3 is 19.5 Å². The molecule has 13 heteroatoms. The van der Waals surface area contributed by atoms with Gasteiger partial charge in [0.15, 0.2) is 0 Å². The maximum atomic E-state index is 11.8. The zero-order chi connectivity index (χ0) is 31.3. The molecule has 0 aliphatic heterocycles. The van der Waals surface area contributed by atoms with E-state index in [1.807, 2.05) is 0 Å². The van der Waals surface area contributed by atoms with Crippen molar-refractivity contribution in [3.63, 3.8) is 0 Å². The van der Waals surface area contributed by atoms with E-state index in [-0.39, 0.29) is 53.8 Å². The molecule has 2 atom stereocenters. The number of carboxylic acids is 2. The van der Waals surface area contributed by atoms with Gasteiger partial charge < -0.3 is 30.4 Å². The summed E-state index contributed by atoms with van der Waals surface area (Å²) in [5.41, 5.74) is 0.555. The van der Waals surface area contributed by atoms with Gasteiger partial charge in [-0.05, 0) is 62.2 Å². The van der Waals surface area contributed by atoms with Crippen LogP contribution in [-0.2, 0) is 29.1 Å². The fourth-order valence-corrected chi connectivity index (χ4v) is 5.54. The van der Waals surface area contributed by atoms with Crippen LogP contribution in [-0.4, -0.2) is 45.8 Å². The van der Waals surface area contributed by atoms with Crippen molar-refractivity contribution in [1.82, 2.24) is 0 Å². The first-order valence-electron chi connectivity index (χ1n) is 13.9. The molecular formula is C30H40N2O6S4Zn. The van der Waals surface area contributed by atoms with Crippen LogP contribution in [0.4, 0.5) is 11.4 Å². The van der Waals surface area contributed by atoms with Gasteiger partial charge in [-0.1, -0.05) is 49.2 Å². The molecule has 2 rings (SSSR count). The summed E-state index contributed by atoms with van der Waals surface area (Å²) in [6.45, 7) is 0. The molecule has 0 radical (unpaired) electrons. The molecule has 232 valence electrons. The van der Waals surface area contributed by atoms with Crippen molar-refractivity contribution >= 4 is 85.6 Å². The number of thiol groups is 4. The zero-order valence-corrected chi connectivity index (χ0v) is 30.7. The van der Waals surface area contributed by atoms with Gasteiger partial charge in [0.05, 0.1) is 11.9 Å². The van der Waals surface area contributed by atoms with Gasteiger partial charge in [0.25, 0.3) is 0 Å². The van der Waals surface area contributed by atoms with Crippen molar-refractivity contribution in [2.24, 2.45) is 0 Å². The van der Waals surface area contributed by atoms with Crippen LogP contribution in [0.25, 0.3) is 0 Å². The van der Waals surface area contributed by atoms with E-state index in [9.17, 15) is 29.4 Å². The summed E-state index contributed by atoms with van der Waals surface area (Å²) in [6, 6.07) is 12.5. The van der Waals surface area contributed by atoms with E-state index >= 15 is 0 Å². The van der Waals surface area contributed by atoms with Crippen LogP contribution in [0.2, 0.25) is 0 Å². The Bertz CT molecular complexity index is 1050. The van der Waals surface area contributed by atoms with Crippen LogP contribution in [0.3, 0.4) is 0 Å². The molecule has 43 heavy (non-hydrogen) atoms. The van der Waals surface area contributed by atoms with Gasteiger partial charge in [-0.15, -0.1) is 0 Å². The zero-order valence-electron chi connectivity index (χ0n) is 24.2. The number of para-hydroxylation sites is 2. The Hall–Kier alpha value is -1.66. The first-order chi connectivity index (χ1) is 20.1. The molecule has 0 fully saturated rings. The summed E-state index contributed by atoms with van der Waals surface area (Å²) >= 11 is 17.2. The molecule has 2 unspecified atom stereocenters. The van der Waals surface area contributed by atoms with Crippen molar-refractivity contribution in [2.45, 2.75) is 74.7 Å². The number of aromatic carboxylic acids is 2. The Labute approximate surface area is 289 Å². The molecule has 2 N–H and O–H groups in total. The van der Waals surface area contributed by atoms with Crippen molar-refractivity contribution in [3.8, 4) is 0 Å². The molecule has 0 saturated heterocycles. The van der Waals surface area contributed by atoms with E-state index < -0.39 is 11.9 Å². The summed E-state index contributed by atoms with van der Waals surface area (Å²) in [5, 5.41) is 27.7. The second kappa shape index (κ2) is 24.6. The Morgan fingerprint density at radius 1 is 0.605 bits per heavy atom. The number of carboxylic acid groups (broad SMARTS) is 2. The van der Waals surface area contributed by atoms with Crippen LogP contribution < -0.4 is 20.8 Å². The van der Waals surface area contributed by atoms with Crippen LogP contribution >= 0.6 is 50.5 Å². The van der Waals surface area contributed by atoms with E-state index in [4.69, 9.17) is 0 Å². The number of benzene rings is 2. The van der Waals surface area contributed by atoms with Crippen LogP contribution in [0.1, 0.15) is 84.9 Å². The largest absolute Gasteiger partial charge is 2.00 e. The summed E-state index contributed by atoms with van der Waals surface area (Å²) in [5.74, 6) is -1.34. The van der Waals surface area contributed by atoms with Gasteiger partial charge in [0.2, 0.25) is 11.8 Å². The molecule has 2 aromatic carbocycles. The van der Waals surface area contributed by atoms with Crippen molar-refractivity contribution in [1.29, 1.82) is 0 Å². The second-order valence-corrected chi connectivity index (χ2v) is 11.9. The Kier molecular flexibility index (Phi) is 23.7. The van der Waals surface area contributed by atoms with Gasteiger partial charge in [-0.25, -0.2) is 0 Å². The second-order valence-electron chi connectivity index (χ2n) is 9.59. The summed E-state index contributed by atoms with van der Waals surface area (Å²) in [4.78, 5) is 45.4. The Morgan fingerprint density at radius 2 is 0.953 bits per heavy atom. The third-order valence-corrected chi connectivity index (χ3v) is 7.70. The predicted molar refractivity (Wildman–Crippen MR) is 178 cm³/mol. The number of rotatable bonds is 18. The molecule has 0 saturated carbocycles. The average molecular weight is 718 g/mol. The maximum absolute atomic E-state index is 11.8. The number of nitrogens with one attached hydrogen (secondary N) is 2. The number of unbranched alkanes of at least 4 members (excludes halogenated alkanes) is 2. The molecule has 0 aliphatic rings. The number of carbonyl (C=O) groups is 4. The van der Waals surface area contributed by atoms with Gasteiger partial charge in [-0.3, -0.25) is 9.59 Å². The van der Waals surface area contributed by atoms with Gasteiger partial charge in [0.1, 0.15) is 0 Å². The molecule has 0 spiro atoms. The van der Waals surface area contributed by atoms with Crippen LogP contribution in [0.15, 0.2) is 48.5 Å². The van der Waals surface area contributed by atoms with Crippen LogP contribution in [0, 0.1) is 0 Å². The minimum atomic E-state index is -1.30. The molecule has 2 aromatic rings. The van der Waals surface area contributed by atoms with E-state index in [0.717, 1.165) is 62.9 Å². The normalized spacial score (nSPS) is 11.6. The van der Waals surface area contributed by atoms with Crippen LogP contribution in [0.5, 0.6) is 0 Å². The molecule has 0 aliphatic carbocycles. The van der Waals surface area contributed by atoms with Gasteiger partial charge in [0, 0.05) is 45.8 Å². The monoisotopic (exact) mass is 716 g/mol. The SMILES string of the molecule is O=C(CCCCC(S)CCS)Nc1ccccc1C(=O)[O-].O=C(CCCCC(S)CCS)Nc1ccccc1C(=O)[O-].[Zn+2]. The fraction of sp³-hybridized carbons (Fsp3) is 0.467. The first kappa shape index (κ1) is 41.3. The minimum absolute atomic E-state index is 0. The number of carbonyl (C=O) groups excluding carboxylic acids is 4. The van der Waals surface area contributed by atoms with E-state index in [1.165, 1.54) is 12.1 Å². The van der Waals surface area contributed by atoms with Crippen molar-refractivity contribution < 1.29 is 48.9 Å². The third-order valence-electron chi connectivity index (χ3n) is 6.15. The number of amides is 2. The molecule has 0 bridgehead atoms. The predicted octanol–water partition coefficient (Wildman–Crippen LogP) is 4.33. The summed E-state index contributed by atoms with van der Waals surface area (Å²) in [7, 11) is 0. The van der Waals surface area contributed by atoms with E-state index in [1.54, 1.807) is 36.4 Å². The first-order valence-corrected chi connectivity index (χ1v) is 16.2. The number of anilines is 2. The third kappa shape index (κ3) is 18.7. The molecule has 0 heterocycles. The Balaban J connectivity index is 0.000000802. The standard InChI is InChI=1S/2C15H21NO3S2.Zn/c2*17-14(8-4-1-5-11(21)9-10-20)16-13-7-3-2-6-12(13)15(18)19;/h2*2-3,6-7,11,20-21H,1,4-5,8-10H2,(H,16,17)(H,18,19);/q;;+2/p-2. The average Bonchev–Trinajstić information content (AvgIpc) is 2.94.